The van der Waals surface area contributed by atoms with Crippen LogP contribution in [0.4, 0.5) is 34.1 Å². The van der Waals surface area contributed by atoms with E-state index in [2.05, 4.69) is 206 Å². The van der Waals surface area contributed by atoms with Gasteiger partial charge in [-0.25, -0.2) is 0 Å². The molecule has 8 aromatic carbocycles. The molecule has 0 aliphatic heterocycles. The molecule has 0 aromatic heterocycles. The molecule has 0 bridgehead atoms. The van der Waals surface area contributed by atoms with E-state index in [4.69, 9.17) is 0 Å². The third kappa shape index (κ3) is 4.88. The number of hydrogen-bond acceptors (Lipinski definition) is 2. The number of nitrogens with zero attached hydrogens (tertiary/aromatic N) is 2. The first kappa shape index (κ1) is 29.1. The van der Waals surface area contributed by atoms with Gasteiger partial charge in [-0.05, 0) is 123 Å². The van der Waals surface area contributed by atoms with E-state index in [1.807, 2.05) is 0 Å². The van der Waals surface area contributed by atoms with E-state index < -0.39 is 0 Å². The summed E-state index contributed by atoms with van der Waals surface area (Å²) in [6, 6.07) is 66.0. The zero-order valence-electron chi connectivity index (χ0n) is 27.7. The molecule has 0 fully saturated rings. The van der Waals surface area contributed by atoms with E-state index in [1.165, 1.54) is 43.8 Å². The van der Waals surface area contributed by atoms with Gasteiger partial charge in [0.05, 0.1) is 0 Å². The first-order valence-electron chi connectivity index (χ1n) is 17.0. The molecule has 234 valence electrons. The van der Waals surface area contributed by atoms with Crippen molar-refractivity contribution in [2.45, 2.75) is 19.3 Å². The van der Waals surface area contributed by atoms with Crippen molar-refractivity contribution < 1.29 is 0 Å². The van der Waals surface area contributed by atoms with E-state index in [9.17, 15) is 0 Å². The van der Waals surface area contributed by atoms with Crippen molar-refractivity contribution in [1.29, 1.82) is 0 Å². The van der Waals surface area contributed by atoms with Crippen LogP contribution in [-0.2, 0) is 5.41 Å². The second-order valence-electron chi connectivity index (χ2n) is 13.5. The van der Waals surface area contributed by atoms with Gasteiger partial charge < -0.3 is 9.80 Å². The standard InChI is InChI=1S/C47H36N2/c1-47(2)45-24-13-12-23-41(45)44-29-34-26-25-33-27-28-40(31-42(33)43(34)32-46(44)47)49(37-19-10-5-11-20-37)39-22-14-21-38(30-39)48(35-15-6-3-7-16-35)36-17-8-4-9-18-36/h3-32H,1-2H3. The highest BCUT2D eigenvalue weighted by molar-refractivity contribution is 6.11. The lowest BCUT2D eigenvalue weighted by atomic mass is 9.81. The molecule has 0 N–H and O–H groups in total. The van der Waals surface area contributed by atoms with Crippen LogP contribution in [-0.4, -0.2) is 0 Å². The molecule has 0 atom stereocenters. The lowest BCUT2D eigenvalue weighted by Crippen LogP contribution is -2.14. The molecular weight excluding hydrogens is 593 g/mol. The quantitative estimate of drug-likeness (QED) is 0.169. The molecule has 1 aliphatic carbocycles. The smallest absolute Gasteiger partial charge is 0.0482 e. The summed E-state index contributed by atoms with van der Waals surface area (Å²) in [7, 11) is 0. The zero-order valence-corrected chi connectivity index (χ0v) is 27.7. The lowest BCUT2D eigenvalue weighted by Gasteiger charge is -2.29. The van der Waals surface area contributed by atoms with E-state index in [0.717, 1.165) is 34.1 Å². The normalized spacial score (nSPS) is 12.9. The summed E-state index contributed by atoms with van der Waals surface area (Å²) in [5.74, 6) is 0. The van der Waals surface area contributed by atoms with Crippen LogP contribution in [0.1, 0.15) is 25.0 Å². The van der Waals surface area contributed by atoms with Gasteiger partial charge in [0.2, 0.25) is 0 Å². The monoisotopic (exact) mass is 628 g/mol. The summed E-state index contributed by atoms with van der Waals surface area (Å²) in [5.41, 5.74) is 12.1. The Morgan fingerprint density at radius 3 is 1.43 bits per heavy atom. The average molecular weight is 629 g/mol. The van der Waals surface area contributed by atoms with Crippen LogP contribution in [0.2, 0.25) is 0 Å². The number of benzene rings is 8. The minimum absolute atomic E-state index is 0.0558. The van der Waals surface area contributed by atoms with Gasteiger partial charge in [-0.2, -0.15) is 0 Å². The Hall–Kier alpha value is -6.12. The van der Waals surface area contributed by atoms with Crippen LogP contribution in [0.3, 0.4) is 0 Å². The van der Waals surface area contributed by atoms with E-state index in [-0.39, 0.29) is 5.41 Å². The Morgan fingerprint density at radius 1 is 0.327 bits per heavy atom. The fourth-order valence-electron chi connectivity index (χ4n) is 7.77. The third-order valence-electron chi connectivity index (χ3n) is 10.2. The van der Waals surface area contributed by atoms with Crippen LogP contribution in [0.5, 0.6) is 0 Å². The predicted molar refractivity (Wildman–Crippen MR) is 208 cm³/mol. The highest BCUT2D eigenvalue weighted by atomic mass is 15.2. The molecule has 0 saturated heterocycles. The molecule has 0 heterocycles. The van der Waals surface area contributed by atoms with Gasteiger partial charge in [-0.15, -0.1) is 0 Å². The topological polar surface area (TPSA) is 6.48 Å². The molecule has 0 saturated carbocycles. The molecule has 0 amide bonds. The van der Waals surface area contributed by atoms with Crippen LogP contribution >= 0.6 is 0 Å². The molecular formula is C47H36N2. The van der Waals surface area contributed by atoms with Gasteiger partial charge in [0.25, 0.3) is 0 Å². The zero-order chi connectivity index (χ0) is 33.0. The first-order chi connectivity index (χ1) is 24.1. The van der Waals surface area contributed by atoms with Crippen molar-refractivity contribution in [2.75, 3.05) is 9.80 Å². The van der Waals surface area contributed by atoms with Crippen molar-refractivity contribution in [3.63, 3.8) is 0 Å². The lowest BCUT2D eigenvalue weighted by molar-refractivity contribution is 0.661. The molecule has 8 aromatic rings. The van der Waals surface area contributed by atoms with Crippen molar-refractivity contribution in [1.82, 2.24) is 0 Å². The molecule has 2 nitrogen and oxygen atoms in total. The Kier molecular flexibility index (Phi) is 6.84. The summed E-state index contributed by atoms with van der Waals surface area (Å²) in [5, 5.41) is 5.06. The van der Waals surface area contributed by atoms with Gasteiger partial charge in [-0.3, -0.25) is 0 Å². The van der Waals surface area contributed by atoms with Gasteiger partial charge in [0, 0.05) is 39.5 Å². The largest absolute Gasteiger partial charge is 0.310 e. The fourth-order valence-corrected chi connectivity index (χ4v) is 7.77. The van der Waals surface area contributed by atoms with E-state index in [1.54, 1.807) is 0 Å². The second kappa shape index (κ2) is 11.5. The fraction of sp³-hybridized carbons (Fsp3) is 0.0638. The summed E-state index contributed by atoms with van der Waals surface area (Å²) in [6.07, 6.45) is 0. The van der Waals surface area contributed by atoms with Gasteiger partial charge in [-0.1, -0.05) is 117 Å². The maximum atomic E-state index is 2.46. The molecule has 49 heavy (non-hydrogen) atoms. The Labute approximate surface area is 288 Å². The van der Waals surface area contributed by atoms with Crippen LogP contribution in [0.15, 0.2) is 182 Å². The highest BCUT2D eigenvalue weighted by Crippen LogP contribution is 2.50. The minimum Gasteiger partial charge on any atom is -0.310 e. The summed E-state index contributed by atoms with van der Waals surface area (Å²) < 4.78 is 0. The number of hydrogen-bond donors (Lipinski definition) is 0. The number of rotatable bonds is 6. The SMILES string of the molecule is CC1(C)c2ccccc2-c2cc3ccc4ccc(N(c5ccccc5)c5cccc(N(c6ccccc6)c6ccccc6)c5)cc4c3cc21. The van der Waals surface area contributed by atoms with Gasteiger partial charge >= 0.3 is 0 Å². The van der Waals surface area contributed by atoms with Crippen molar-refractivity contribution in [3.8, 4) is 11.1 Å². The van der Waals surface area contributed by atoms with E-state index >= 15 is 0 Å². The van der Waals surface area contributed by atoms with Gasteiger partial charge in [0.1, 0.15) is 0 Å². The minimum atomic E-state index is -0.0558. The van der Waals surface area contributed by atoms with Crippen LogP contribution in [0, 0.1) is 0 Å². The molecule has 0 unspecified atom stereocenters. The van der Waals surface area contributed by atoms with Crippen molar-refractivity contribution in [2.24, 2.45) is 0 Å². The number of fused-ring (bicyclic) bond motifs is 6. The third-order valence-corrected chi connectivity index (χ3v) is 10.2. The Bertz CT molecular complexity index is 2430. The number of para-hydroxylation sites is 3. The summed E-state index contributed by atoms with van der Waals surface area (Å²) in [6.45, 7) is 4.72. The average Bonchev–Trinajstić information content (AvgIpc) is 3.38. The molecule has 9 rings (SSSR count). The van der Waals surface area contributed by atoms with Crippen molar-refractivity contribution in [3.05, 3.63) is 193 Å². The Balaban J connectivity index is 1.22. The predicted octanol–water partition coefficient (Wildman–Crippen LogP) is 13.2. The number of anilines is 6. The Morgan fingerprint density at radius 2 is 0.796 bits per heavy atom. The first-order valence-corrected chi connectivity index (χ1v) is 17.0. The van der Waals surface area contributed by atoms with Crippen LogP contribution in [0.25, 0.3) is 32.7 Å². The maximum Gasteiger partial charge on any atom is 0.0482 e. The van der Waals surface area contributed by atoms with Crippen LogP contribution < -0.4 is 9.80 Å². The maximum absolute atomic E-state index is 2.46. The summed E-state index contributed by atoms with van der Waals surface area (Å²) in [4.78, 5) is 4.70. The van der Waals surface area contributed by atoms with Crippen molar-refractivity contribution >= 4 is 55.7 Å². The van der Waals surface area contributed by atoms with Gasteiger partial charge in [0.15, 0.2) is 0 Å². The molecule has 0 spiro atoms. The molecule has 2 heteroatoms. The second-order valence-corrected chi connectivity index (χ2v) is 13.5. The molecule has 1 aliphatic rings. The summed E-state index contributed by atoms with van der Waals surface area (Å²) >= 11 is 0. The molecule has 0 radical (unpaired) electrons. The highest BCUT2D eigenvalue weighted by Gasteiger charge is 2.35. The van der Waals surface area contributed by atoms with E-state index in [0.29, 0.717) is 0 Å².